The molecule has 2 heterocycles. The molecule has 0 aliphatic carbocycles. The van der Waals surface area contributed by atoms with Crippen LogP contribution >= 0.6 is 11.6 Å². The highest BCUT2D eigenvalue weighted by Crippen LogP contribution is 2.25. The first-order chi connectivity index (χ1) is 11.9. The zero-order valence-corrected chi connectivity index (χ0v) is 15.2. The van der Waals surface area contributed by atoms with Gasteiger partial charge in [0.2, 0.25) is 17.6 Å². The topological polar surface area (TPSA) is 77.3 Å². The van der Waals surface area contributed by atoms with Gasteiger partial charge in [0.05, 0.1) is 10.6 Å². The summed E-state index contributed by atoms with van der Waals surface area (Å²) in [6, 6.07) is 7.46. The van der Waals surface area contributed by atoms with Crippen molar-refractivity contribution in [1.82, 2.24) is 15.5 Å². The molecule has 1 atom stereocenters. The maximum absolute atomic E-state index is 12.2. The highest BCUT2D eigenvalue weighted by Gasteiger charge is 2.29. The number of halogens is 1. The third-order valence-electron chi connectivity index (χ3n) is 4.21. The van der Waals surface area contributed by atoms with Crippen LogP contribution in [-0.2, 0) is 16.0 Å². The lowest BCUT2D eigenvalue weighted by atomic mass is 9.94. The van der Waals surface area contributed by atoms with Gasteiger partial charge in [-0.1, -0.05) is 28.9 Å². The summed E-state index contributed by atoms with van der Waals surface area (Å²) in [6.07, 6.45) is 2.36. The number of hydrogen-bond acceptors (Lipinski definition) is 5. The van der Waals surface area contributed by atoms with Gasteiger partial charge < -0.3 is 14.6 Å². The maximum atomic E-state index is 12.2. The predicted octanol–water partition coefficient (Wildman–Crippen LogP) is 3.40. The van der Waals surface area contributed by atoms with Crippen LogP contribution < -0.4 is 5.32 Å². The molecule has 1 amide bonds. The molecule has 0 bridgehead atoms. The maximum Gasteiger partial charge on any atom is 0.227 e. The van der Waals surface area contributed by atoms with E-state index in [4.69, 9.17) is 20.9 Å². The normalized spacial score (nSPS) is 19.6. The van der Waals surface area contributed by atoms with E-state index < -0.39 is 0 Å². The van der Waals surface area contributed by atoms with Crippen LogP contribution in [0.5, 0.6) is 0 Å². The number of aryl methyl sites for hydroxylation is 1. The van der Waals surface area contributed by atoms with Crippen molar-refractivity contribution < 1.29 is 14.1 Å². The van der Waals surface area contributed by atoms with Crippen molar-refractivity contribution in [3.8, 4) is 11.4 Å². The van der Waals surface area contributed by atoms with E-state index in [-0.39, 0.29) is 17.6 Å². The van der Waals surface area contributed by atoms with Crippen molar-refractivity contribution in [1.29, 1.82) is 0 Å². The Morgan fingerprint density at radius 3 is 2.96 bits per heavy atom. The summed E-state index contributed by atoms with van der Waals surface area (Å²) < 4.78 is 10.9. The van der Waals surface area contributed by atoms with Crippen LogP contribution in [0.4, 0.5) is 0 Å². The first-order valence-corrected chi connectivity index (χ1v) is 8.81. The van der Waals surface area contributed by atoms with Gasteiger partial charge in [0.1, 0.15) is 0 Å². The molecule has 3 rings (SSSR count). The SMILES string of the molecule is CC1(C)C[C@H](NC(=O)CCc2nc(-c3ccccc3Cl)no2)CCO1. The van der Waals surface area contributed by atoms with Crippen molar-refractivity contribution in [2.75, 3.05) is 6.61 Å². The monoisotopic (exact) mass is 363 g/mol. The number of nitrogens with zero attached hydrogens (tertiary/aromatic N) is 2. The number of ether oxygens (including phenoxy) is 1. The number of amides is 1. The van der Waals surface area contributed by atoms with Crippen LogP contribution in [-0.4, -0.2) is 34.3 Å². The van der Waals surface area contributed by atoms with Crippen molar-refractivity contribution in [3.05, 3.63) is 35.2 Å². The lowest BCUT2D eigenvalue weighted by Crippen LogP contribution is -2.45. The standard InChI is InChI=1S/C18H22ClN3O3/c1-18(2)11-12(9-10-24-18)20-15(23)7-8-16-21-17(22-25-16)13-5-3-4-6-14(13)19/h3-6,12H,7-11H2,1-2H3,(H,20,23)/t12-/m1/s1. The van der Waals surface area contributed by atoms with Crippen LogP contribution in [0.2, 0.25) is 5.02 Å². The first kappa shape index (κ1) is 17.9. The highest BCUT2D eigenvalue weighted by molar-refractivity contribution is 6.33. The van der Waals surface area contributed by atoms with Gasteiger partial charge in [0.25, 0.3) is 0 Å². The molecular weight excluding hydrogens is 342 g/mol. The number of carbonyl (C=O) groups is 1. The minimum absolute atomic E-state index is 0.0137. The van der Waals surface area contributed by atoms with Crippen LogP contribution in [0.25, 0.3) is 11.4 Å². The molecule has 7 heteroatoms. The Kier molecular flexibility index (Phi) is 5.39. The molecule has 25 heavy (non-hydrogen) atoms. The first-order valence-electron chi connectivity index (χ1n) is 8.44. The Morgan fingerprint density at radius 2 is 2.20 bits per heavy atom. The molecule has 1 aromatic heterocycles. The van der Waals surface area contributed by atoms with Gasteiger partial charge in [-0.05, 0) is 38.8 Å². The largest absolute Gasteiger partial charge is 0.375 e. The van der Waals surface area contributed by atoms with E-state index in [2.05, 4.69) is 15.5 Å². The Hall–Kier alpha value is -1.92. The Morgan fingerprint density at radius 1 is 1.40 bits per heavy atom. The molecule has 2 aromatic rings. The fourth-order valence-corrected chi connectivity index (χ4v) is 3.20. The summed E-state index contributed by atoms with van der Waals surface area (Å²) in [6.45, 7) is 4.75. The van der Waals surface area contributed by atoms with Crippen LogP contribution in [0.15, 0.2) is 28.8 Å². The Labute approximate surface area is 151 Å². The van der Waals surface area contributed by atoms with Crippen molar-refractivity contribution in [2.45, 2.75) is 51.2 Å². The molecular formula is C18H22ClN3O3. The van der Waals surface area contributed by atoms with E-state index in [1.165, 1.54) is 0 Å². The van der Waals surface area contributed by atoms with Gasteiger partial charge in [0, 0.05) is 31.1 Å². The summed E-state index contributed by atoms with van der Waals surface area (Å²) in [5.74, 6) is 0.852. The predicted molar refractivity (Wildman–Crippen MR) is 94.3 cm³/mol. The number of nitrogens with one attached hydrogen (secondary N) is 1. The van der Waals surface area contributed by atoms with Gasteiger partial charge in [-0.3, -0.25) is 4.79 Å². The van der Waals surface area contributed by atoms with Gasteiger partial charge in [0.15, 0.2) is 0 Å². The molecule has 1 fully saturated rings. The molecule has 1 saturated heterocycles. The summed E-state index contributed by atoms with van der Waals surface area (Å²) in [5.41, 5.74) is 0.528. The number of hydrogen-bond donors (Lipinski definition) is 1. The molecule has 1 aromatic carbocycles. The highest BCUT2D eigenvalue weighted by atomic mass is 35.5. The minimum Gasteiger partial charge on any atom is -0.375 e. The van der Waals surface area contributed by atoms with Gasteiger partial charge >= 0.3 is 0 Å². The molecule has 0 radical (unpaired) electrons. The molecule has 1 N–H and O–H groups in total. The second-order valence-electron chi connectivity index (χ2n) is 6.86. The summed E-state index contributed by atoms with van der Waals surface area (Å²) in [5, 5.41) is 7.57. The zero-order chi connectivity index (χ0) is 17.9. The molecule has 134 valence electrons. The molecule has 1 aliphatic rings. The van der Waals surface area contributed by atoms with E-state index in [1.807, 2.05) is 32.0 Å². The average molecular weight is 364 g/mol. The van der Waals surface area contributed by atoms with Crippen LogP contribution in [0.1, 0.15) is 39.0 Å². The third kappa shape index (κ3) is 4.80. The Bertz CT molecular complexity index is 745. The smallest absolute Gasteiger partial charge is 0.227 e. The molecule has 1 aliphatic heterocycles. The second-order valence-corrected chi connectivity index (χ2v) is 7.26. The van der Waals surface area contributed by atoms with Crippen LogP contribution in [0, 0.1) is 0 Å². The average Bonchev–Trinajstić information content (AvgIpc) is 3.01. The summed E-state index contributed by atoms with van der Waals surface area (Å²) in [4.78, 5) is 16.5. The second kappa shape index (κ2) is 7.54. The quantitative estimate of drug-likeness (QED) is 0.880. The number of aromatic nitrogens is 2. The zero-order valence-electron chi connectivity index (χ0n) is 14.4. The van der Waals surface area contributed by atoms with Gasteiger partial charge in [-0.25, -0.2) is 0 Å². The van der Waals surface area contributed by atoms with Crippen molar-refractivity contribution in [2.24, 2.45) is 0 Å². The Balaban J connectivity index is 1.52. The van der Waals surface area contributed by atoms with Crippen LogP contribution in [0.3, 0.4) is 0 Å². The van der Waals surface area contributed by atoms with Gasteiger partial charge in [-0.15, -0.1) is 0 Å². The van der Waals surface area contributed by atoms with E-state index in [0.29, 0.717) is 41.7 Å². The van der Waals surface area contributed by atoms with Crippen molar-refractivity contribution in [3.63, 3.8) is 0 Å². The van der Waals surface area contributed by atoms with E-state index in [0.717, 1.165) is 12.8 Å². The number of rotatable bonds is 5. The number of carbonyl (C=O) groups excluding carboxylic acids is 1. The van der Waals surface area contributed by atoms with E-state index >= 15 is 0 Å². The number of benzene rings is 1. The third-order valence-corrected chi connectivity index (χ3v) is 4.54. The molecule has 0 saturated carbocycles. The van der Waals surface area contributed by atoms with Crippen molar-refractivity contribution >= 4 is 17.5 Å². The fourth-order valence-electron chi connectivity index (χ4n) is 2.98. The summed E-state index contributed by atoms with van der Waals surface area (Å²) in [7, 11) is 0. The molecule has 0 spiro atoms. The fraction of sp³-hybridized carbons (Fsp3) is 0.500. The minimum atomic E-state index is -0.188. The lowest BCUT2D eigenvalue weighted by molar-refractivity contribution is -0.124. The molecule has 6 nitrogen and oxygen atoms in total. The van der Waals surface area contributed by atoms with Gasteiger partial charge in [-0.2, -0.15) is 4.98 Å². The van der Waals surface area contributed by atoms with E-state index in [1.54, 1.807) is 6.07 Å². The molecule has 0 unspecified atom stereocenters. The summed E-state index contributed by atoms with van der Waals surface area (Å²) >= 11 is 6.13. The van der Waals surface area contributed by atoms with E-state index in [9.17, 15) is 4.79 Å². The lowest BCUT2D eigenvalue weighted by Gasteiger charge is -2.35.